The maximum Gasteiger partial charge on any atom is 0.271 e. The van der Waals surface area contributed by atoms with Crippen LogP contribution in [0, 0.1) is 10.1 Å². The summed E-state index contributed by atoms with van der Waals surface area (Å²) in [6.07, 6.45) is 0. The maximum atomic E-state index is 10.6. The molecule has 24 heavy (non-hydrogen) atoms. The first-order valence-electron chi connectivity index (χ1n) is 6.80. The van der Waals surface area contributed by atoms with Crippen LogP contribution >= 0.6 is 47.2 Å². The molecule has 0 heterocycles. The Hall–Kier alpha value is -1.24. The minimum atomic E-state index is -0.480. The van der Waals surface area contributed by atoms with Crippen LogP contribution in [-0.4, -0.2) is 18.0 Å². The lowest BCUT2D eigenvalue weighted by atomic mass is 10.2. The zero-order chi connectivity index (χ0) is 16.8. The first kappa shape index (κ1) is 20.8. The van der Waals surface area contributed by atoms with Crippen LogP contribution in [0.3, 0.4) is 0 Å². The molecule has 0 aliphatic rings. The second-order valence-electron chi connectivity index (χ2n) is 4.74. The molecule has 0 atom stereocenters. The van der Waals surface area contributed by atoms with Crippen molar-refractivity contribution in [1.29, 1.82) is 0 Å². The van der Waals surface area contributed by atoms with Crippen LogP contribution in [0.2, 0.25) is 15.1 Å². The Bertz CT molecular complexity index is 713. The third-order valence-electron chi connectivity index (χ3n) is 3.13. The lowest BCUT2D eigenvalue weighted by Crippen LogP contribution is -2.22. The maximum absolute atomic E-state index is 10.6. The van der Waals surface area contributed by atoms with E-state index in [9.17, 15) is 10.1 Å². The molecular formula is C15H15Cl4N3O2. The van der Waals surface area contributed by atoms with Crippen LogP contribution < -0.4 is 10.6 Å². The van der Waals surface area contributed by atoms with Crippen molar-refractivity contribution in [1.82, 2.24) is 5.32 Å². The Balaban J connectivity index is 0.00000288. The Morgan fingerprint density at radius 3 is 2.46 bits per heavy atom. The van der Waals surface area contributed by atoms with Crippen molar-refractivity contribution in [3.63, 3.8) is 0 Å². The van der Waals surface area contributed by atoms with E-state index in [0.29, 0.717) is 40.4 Å². The van der Waals surface area contributed by atoms with Crippen molar-refractivity contribution in [3.05, 3.63) is 67.1 Å². The van der Waals surface area contributed by atoms with E-state index in [0.717, 1.165) is 5.56 Å². The van der Waals surface area contributed by atoms with Crippen molar-refractivity contribution in [2.75, 3.05) is 18.4 Å². The fourth-order valence-electron chi connectivity index (χ4n) is 1.95. The first-order valence-corrected chi connectivity index (χ1v) is 7.94. The molecule has 2 N–H and O–H groups in total. The summed E-state index contributed by atoms with van der Waals surface area (Å²) in [4.78, 5) is 10.2. The molecule has 0 aliphatic carbocycles. The lowest BCUT2D eigenvalue weighted by molar-refractivity contribution is -0.384. The Morgan fingerprint density at radius 1 is 1.04 bits per heavy atom. The van der Waals surface area contributed by atoms with Crippen molar-refractivity contribution >= 4 is 58.6 Å². The van der Waals surface area contributed by atoms with Crippen molar-refractivity contribution in [2.45, 2.75) is 6.54 Å². The number of non-ortho nitro benzene ring substituents is 1. The van der Waals surface area contributed by atoms with Gasteiger partial charge in [0.1, 0.15) is 0 Å². The molecule has 0 unspecified atom stereocenters. The second kappa shape index (κ2) is 9.91. The third kappa shape index (κ3) is 5.69. The van der Waals surface area contributed by atoms with Gasteiger partial charge in [-0.15, -0.1) is 12.4 Å². The quantitative estimate of drug-likeness (QED) is 0.375. The topological polar surface area (TPSA) is 67.2 Å². The molecule has 0 bridgehead atoms. The highest BCUT2D eigenvalue weighted by Gasteiger charge is 2.09. The van der Waals surface area contributed by atoms with E-state index < -0.39 is 4.92 Å². The van der Waals surface area contributed by atoms with E-state index in [2.05, 4.69) is 10.6 Å². The molecule has 2 aromatic rings. The number of nitrogens with one attached hydrogen (secondary N) is 2. The predicted octanol–water partition coefficient (Wildman–Crippen LogP) is 5.18. The van der Waals surface area contributed by atoms with Gasteiger partial charge in [-0.2, -0.15) is 0 Å². The number of rotatable bonds is 7. The van der Waals surface area contributed by atoms with E-state index >= 15 is 0 Å². The molecule has 2 rings (SSSR count). The molecule has 9 heteroatoms. The number of hydrogen-bond acceptors (Lipinski definition) is 4. The van der Waals surface area contributed by atoms with Gasteiger partial charge in [0.25, 0.3) is 5.69 Å². The summed E-state index contributed by atoms with van der Waals surface area (Å²) in [6.45, 7) is 1.86. The number of hydrogen-bond donors (Lipinski definition) is 2. The highest BCUT2D eigenvalue weighted by molar-refractivity contribution is 6.42. The molecular weight excluding hydrogens is 396 g/mol. The van der Waals surface area contributed by atoms with Crippen molar-refractivity contribution in [3.8, 4) is 0 Å². The van der Waals surface area contributed by atoms with Gasteiger partial charge < -0.3 is 10.6 Å². The molecule has 2 aromatic carbocycles. The normalized spacial score (nSPS) is 10.1. The number of halogens is 4. The summed E-state index contributed by atoms with van der Waals surface area (Å²) in [7, 11) is 0. The molecule has 0 saturated heterocycles. The van der Waals surface area contributed by atoms with Gasteiger partial charge in [0.05, 0.1) is 25.7 Å². The zero-order valence-electron chi connectivity index (χ0n) is 12.4. The van der Waals surface area contributed by atoms with E-state index in [-0.39, 0.29) is 18.1 Å². The third-order valence-corrected chi connectivity index (χ3v) is 4.30. The number of nitro groups is 1. The summed E-state index contributed by atoms with van der Waals surface area (Å²) in [6, 6.07) is 9.82. The summed E-state index contributed by atoms with van der Waals surface area (Å²) in [5, 5.41) is 18.4. The smallest absolute Gasteiger partial charge is 0.271 e. The van der Waals surface area contributed by atoms with Crippen molar-refractivity contribution in [2.24, 2.45) is 0 Å². The summed E-state index contributed by atoms with van der Waals surface area (Å²) < 4.78 is 0. The fourth-order valence-corrected chi connectivity index (χ4v) is 2.58. The van der Waals surface area contributed by atoms with Gasteiger partial charge in [-0.3, -0.25) is 10.1 Å². The molecule has 0 radical (unpaired) electrons. The van der Waals surface area contributed by atoms with E-state index in [1.807, 2.05) is 12.1 Å². The number of anilines is 1. The first-order chi connectivity index (χ1) is 11.0. The van der Waals surface area contributed by atoms with Gasteiger partial charge in [-0.1, -0.05) is 46.9 Å². The van der Waals surface area contributed by atoms with E-state index in [1.165, 1.54) is 12.1 Å². The SMILES string of the molecule is Cl.O=[N+]([O-])c1ccc(NCCNCc2cccc(Cl)c2Cl)c(Cl)c1. The van der Waals surface area contributed by atoms with Crippen molar-refractivity contribution < 1.29 is 4.92 Å². The van der Waals surface area contributed by atoms with Gasteiger partial charge in [0.2, 0.25) is 0 Å². The Kier molecular flexibility index (Phi) is 8.59. The molecule has 0 saturated carbocycles. The van der Waals surface area contributed by atoms with Crippen LogP contribution in [0.1, 0.15) is 5.56 Å². The van der Waals surface area contributed by atoms with Crippen LogP contribution in [-0.2, 0) is 6.54 Å². The molecule has 0 amide bonds. The molecule has 0 aliphatic heterocycles. The van der Waals surface area contributed by atoms with Gasteiger partial charge in [-0.25, -0.2) is 0 Å². The average Bonchev–Trinajstić information content (AvgIpc) is 2.52. The second-order valence-corrected chi connectivity index (χ2v) is 5.93. The van der Waals surface area contributed by atoms with Crippen LogP contribution in [0.15, 0.2) is 36.4 Å². The number of benzene rings is 2. The highest BCUT2D eigenvalue weighted by atomic mass is 35.5. The Labute approximate surface area is 160 Å². The van der Waals surface area contributed by atoms with Gasteiger partial charge in [0, 0.05) is 31.8 Å². The zero-order valence-corrected chi connectivity index (χ0v) is 15.5. The lowest BCUT2D eigenvalue weighted by Gasteiger charge is -2.10. The minimum Gasteiger partial charge on any atom is -0.383 e. The van der Waals surface area contributed by atoms with Gasteiger partial charge in [0.15, 0.2) is 0 Å². The van der Waals surface area contributed by atoms with Gasteiger partial charge >= 0.3 is 0 Å². The summed E-state index contributed by atoms with van der Waals surface area (Å²) in [5.41, 5.74) is 1.54. The average molecular weight is 411 g/mol. The monoisotopic (exact) mass is 409 g/mol. The minimum absolute atomic E-state index is 0. The van der Waals surface area contributed by atoms with Crippen LogP contribution in [0.25, 0.3) is 0 Å². The van der Waals surface area contributed by atoms with Crippen LogP contribution in [0.4, 0.5) is 11.4 Å². The van der Waals surface area contributed by atoms with Crippen LogP contribution in [0.5, 0.6) is 0 Å². The molecule has 0 fully saturated rings. The summed E-state index contributed by atoms with van der Waals surface area (Å²) in [5.74, 6) is 0. The summed E-state index contributed by atoms with van der Waals surface area (Å²) >= 11 is 18.1. The van der Waals surface area contributed by atoms with Gasteiger partial charge in [-0.05, 0) is 17.7 Å². The van der Waals surface area contributed by atoms with E-state index in [1.54, 1.807) is 12.1 Å². The molecule has 0 aromatic heterocycles. The molecule has 5 nitrogen and oxygen atoms in total. The Morgan fingerprint density at radius 2 is 1.79 bits per heavy atom. The predicted molar refractivity (Wildman–Crippen MR) is 102 cm³/mol. The van der Waals surface area contributed by atoms with E-state index in [4.69, 9.17) is 34.8 Å². The number of nitrogens with zero attached hydrogens (tertiary/aromatic N) is 1. The molecule has 0 spiro atoms. The fraction of sp³-hybridized carbons (Fsp3) is 0.200. The standard InChI is InChI=1S/C15H14Cl3N3O2.ClH/c16-12-3-1-2-10(15(12)18)9-19-6-7-20-14-5-4-11(21(22)23)8-13(14)17;/h1-5,8,19-20H,6-7,9H2;1H. The highest BCUT2D eigenvalue weighted by Crippen LogP contribution is 2.26. The molecule has 130 valence electrons. The number of nitro benzene ring substituents is 1. The largest absolute Gasteiger partial charge is 0.383 e.